The molecule has 1 saturated heterocycles. The van der Waals surface area contributed by atoms with Gasteiger partial charge in [0.1, 0.15) is 6.10 Å². The smallest absolute Gasteiger partial charge is 0.309 e. The Morgan fingerprint density at radius 2 is 2.12 bits per heavy atom. The molecular formula is C12H14O4. The van der Waals surface area contributed by atoms with Crippen LogP contribution >= 0.6 is 0 Å². The summed E-state index contributed by atoms with van der Waals surface area (Å²) >= 11 is 0. The van der Waals surface area contributed by atoms with Crippen molar-refractivity contribution in [1.82, 2.24) is 0 Å². The SMILES string of the molecule is O=C1C[C@@H](O)[C@H](COCc2ccccc2)O1. The zero-order valence-corrected chi connectivity index (χ0v) is 8.83. The predicted octanol–water partition coefficient (Wildman–Crippen LogP) is 0.880. The molecule has 2 rings (SSSR count). The summed E-state index contributed by atoms with van der Waals surface area (Å²) in [6.45, 7) is 0.698. The van der Waals surface area contributed by atoms with Gasteiger partial charge in [-0.1, -0.05) is 30.3 Å². The fourth-order valence-electron chi connectivity index (χ4n) is 1.61. The molecule has 0 unspecified atom stereocenters. The summed E-state index contributed by atoms with van der Waals surface area (Å²) in [6, 6.07) is 9.71. The molecule has 86 valence electrons. The molecule has 4 nitrogen and oxygen atoms in total. The number of hydrogen-bond acceptors (Lipinski definition) is 4. The Hall–Kier alpha value is -1.39. The number of rotatable bonds is 4. The molecule has 0 aromatic heterocycles. The van der Waals surface area contributed by atoms with Crippen molar-refractivity contribution in [3.63, 3.8) is 0 Å². The van der Waals surface area contributed by atoms with E-state index >= 15 is 0 Å². The molecule has 16 heavy (non-hydrogen) atoms. The average Bonchev–Trinajstić information content (AvgIpc) is 2.59. The van der Waals surface area contributed by atoms with E-state index in [0.717, 1.165) is 5.56 Å². The summed E-state index contributed by atoms with van der Waals surface area (Å²) in [5, 5.41) is 9.43. The maximum absolute atomic E-state index is 10.9. The van der Waals surface area contributed by atoms with Gasteiger partial charge in [0.25, 0.3) is 0 Å². The molecule has 1 fully saturated rings. The lowest BCUT2D eigenvalue weighted by Gasteiger charge is -2.13. The fourth-order valence-corrected chi connectivity index (χ4v) is 1.61. The third-order valence-electron chi connectivity index (χ3n) is 2.48. The van der Waals surface area contributed by atoms with Crippen LogP contribution in [0, 0.1) is 0 Å². The van der Waals surface area contributed by atoms with E-state index in [1.54, 1.807) is 0 Å². The number of aliphatic hydroxyl groups is 1. The number of carbonyl (C=O) groups excluding carboxylic acids is 1. The van der Waals surface area contributed by atoms with E-state index in [1.807, 2.05) is 30.3 Å². The standard InChI is InChI=1S/C12H14O4/c13-10-6-12(14)16-11(10)8-15-7-9-4-2-1-3-5-9/h1-5,10-11,13H,6-8H2/t10-,11+/m1/s1. The van der Waals surface area contributed by atoms with Crippen molar-refractivity contribution in [3.05, 3.63) is 35.9 Å². The van der Waals surface area contributed by atoms with Gasteiger partial charge in [0.15, 0.2) is 6.10 Å². The van der Waals surface area contributed by atoms with Crippen LogP contribution < -0.4 is 0 Å². The number of benzene rings is 1. The van der Waals surface area contributed by atoms with E-state index in [4.69, 9.17) is 9.47 Å². The van der Waals surface area contributed by atoms with E-state index < -0.39 is 12.2 Å². The first kappa shape index (κ1) is 11.1. The highest BCUT2D eigenvalue weighted by Crippen LogP contribution is 2.15. The molecule has 1 aromatic rings. The Kier molecular flexibility index (Phi) is 3.54. The molecule has 1 aliphatic heterocycles. The van der Waals surface area contributed by atoms with Crippen molar-refractivity contribution in [2.75, 3.05) is 6.61 Å². The Balaban J connectivity index is 1.74. The van der Waals surface area contributed by atoms with Gasteiger partial charge in [-0.2, -0.15) is 0 Å². The van der Waals surface area contributed by atoms with Crippen LogP contribution in [0.2, 0.25) is 0 Å². The number of esters is 1. The second-order valence-corrected chi connectivity index (χ2v) is 3.80. The molecular weight excluding hydrogens is 208 g/mol. The zero-order valence-electron chi connectivity index (χ0n) is 8.83. The summed E-state index contributed by atoms with van der Waals surface area (Å²) in [4.78, 5) is 10.9. The second kappa shape index (κ2) is 5.09. The lowest BCUT2D eigenvalue weighted by Crippen LogP contribution is -2.26. The Morgan fingerprint density at radius 3 is 2.75 bits per heavy atom. The van der Waals surface area contributed by atoms with Gasteiger partial charge in [0.05, 0.1) is 19.6 Å². The lowest BCUT2D eigenvalue weighted by molar-refractivity contribution is -0.144. The molecule has 0 spiro atoms. The Morgan fingerprint density at radius 1 is 1.38 bits per heavy atom. The molecule has 1 N–H and O–H groups in total. The van der Waals surface area contributed by atoms with E-state index in [0.29, 0.717) is 6.61 Å². The summed E-state index contributed by atoms with van der Waals surface area (Å²) in [7, 11) is 0. The molecule has 0 radical (unpaired) electrons. The van der Waals surface area contributed by atoms with Gasteiger partial charge < -0.3 is 14.6 Å². The van der Waals surface area contributed by atoms with E-state index in [9.17, 15) is 9.90 Å². The zero-order chi connectivity index (χ0) is 11.4. The Bertz CT molecular complexity index is 349. The fraction of sp³-hybridized carbons (Fsp3) is 0.417. The van der Waals surface area contributed by atoms with Crippen molar-refractivity contribution in [2.24, 2.45) is 0 Å². The van der Waals surface area contributed by atoms with Gasteiger partial charge in [-0.25, -0.2) is 0 Å². The average molecular weight is 222 g/mol. The van der Waals surface area contributed by atoms with Crippen molar-refractivity contribution < 1.29 is 19.4 Å². The first-order chi connectivity index (χ1) is 7.75. The third-order valence-corrected chi connectivity index (χ3v) is 2.48. The lowest BCUT2D eigenvalue weighted by atomic mass is 10.2. The number of cyclic esters (lactones) is 1. The van der Waals surface area contributed by atoms with Gasteiger partial charge in [0.2, 0.25) is 0 Å². The molecule has 0 saturated carbocycles. The minimum Gasteiger partial charge on any atom is -0.457 e. The third kappa shape index (κ3) is 2.81. The molecule has 1 aromatic carbocycles. The van der Waals surface area contributed by atoms with Crippen molar-refractivity contribution in [1.29, 1.82) is 0 Å². The second-order valence-electron chi connectivity index (χ2n) is 3.80. The topological polar surface area (TPSA) is 55.8 Å². The van der Waals surface area contributed by atoms with E-state index in [2.05, 4.69) is 0 Å². The normalized spacial score (nSPS) is 24.4. The highest BCUT2D eigenvalue weighted by Gasteiger charge is 2.33. The van der Waals surface area contributed by atoms with Gasteiger partial charge in [-0.3, -0.25) is 4.79 Å². The van der Waals surface area contributed by atoms with Crippen LogP contribution in [0.5, 0.6) is 0 Å². The molecule has 4 heteroatoms. The minimum absolute atomic E-state index is 0.0688. The molecule has 1 aliphatic rings. The predicted molar refractivity (Wildman–Crippen MR) is 56.6 cm³/mol. The number of aliphatic hydroxyl groups excluding tert-OH is 1. The van der Waals surface area contributed by atoms with E-state index in [-0.39, 0.29) is 19.0 Å². The highest BCUT2D eigenvalue weighted by atomic mass is 16.6. The van der Waals surface area contributed by atoms with Crippen LogP contribution in [0.1, 0.15) is 12.0 Å². The van der Waals surface area contributed by atoms with Crippen LogP contribution in [0.3, 0.4) is 0 Å². The van der Waals surface area contributed by atoms with Crippen LogP contribution in [-0.2, 0) is 20.9 Å². The van der Waals surface area contributed by atoms with Crippen LogP contribution in [0.15, 0.2) is 30.3 Å². The molecule has 0 amide bonds. The maximum Gasteiger partial charge on any atom is 0.309 e. The van der Waals surface area contributed by atoms with Gasteiger partial charge >= 0.3 is 5.97 Å². The summed E-state index contributed by atoms with van der Waals surface area (Å²) in [5.41, 5.74) is 1.06. The summed E-state index contributed by atoms with van der Waals surface area (Å²) < 4.78 is 10.3. The number of ether oxygens (including phenoxy) is 2. The number of carbonyl (C=O) groups is 1. The largest absolute Gasteiger partial charge is 0.457 e. The van der Waals surface area contributed by atoms with Gasteiger partial charge in [0, 0.05) is 0 Å². The molecule has 0 aliphatic carbocycles. The van der Waals surface area contributed by atoms with E-state index in [1.165, 1.54) is 0 Å². The molecule has 0 bridgehead atoms. The molecule has 1 heterocycles. The first-order valence-corrected chi connectivity index (χ1v) is 5.25. The van der Waals surface area contributed by atoms with Gasteiger partial charge in [-0.05, 0) is 5.56 Å². The first-order valence-electron chi connectivity index (χ1n) is 5.25. The summed E-state index contributed by atoms with van der Waals surface area (Å²) in [6.07, 6.45) is -1.18. The van der Waals surface area contributed by atoms with Crippen LogP contribution in [-0.4, -0.2) is 29.9 Å². The molecule has 2 atom stereocenters. The number of hydrogen-bond donors (Lipinski definition) is 1. The maximum atomic E-state index is 10.9. The monoisotopic (exact) mass is 222 g/mol. The summed E-state index contributed by atoms with van der Waals surface area (Å²) in [5.74, 6) is -0.360. The highest BCUT2D eigenvalue weighted by molar-refractivity contribution is 5.72. The van der Waals surface area contributed by atoms with Gasteiger partial charge in [-0.15, -0.1) is 0 Å². The minimum atomic E-state index is -0.733. The van der Waals surface area contributed by atoms with Crippen LogP contribution in [0.25, 0.3) is 0 Å². The van der Waals surface area contributed by atoms with Crippen molar-refractivity contribution in [2.45, 2.75) is 25.2 Å². The van der Waals surface area contributed by atoms with Crippen molar-refractivity contribution >= 4 is 5.97 Å². The van der Waals surface area contributed by atoms with Crippen molar-refractivity contribution in [3.8, 4) is 0 Å². The van der Waals surface area contributed by atoms with Crippen LogP contribution in [0.4, 0.5) is 0 Å². The quantitative estimate of drug-likeness (QED) is 0.768. The Labute approximate surface area is 93.8 Å².